The maximum Gasteiger partial charge on any atom is 1.00 e. The van der Waals surface area contributed by atoms with E-state index >= 15 is 0 Å². The van der Waals surface area contributed by atoms with Gasteiger partial charge in [-0.05, 0) is 12.8 Å². The van der Waals surface area contributed by atoms with Crippen molar-refractivity contribution in [1.82, 2.24) is 0 Å². The van der Waals surface area contributed by atoms with E-state index in [0.29, 0.717) is 0 Å². The van der Waals surface area contributed by atoms with Gasteiger partial charge < -0.3 is 6.53 Å². The zero-order chi connectivity index (χ0) is 9.78. The SMILES string of the molecule is C=C(CCCS(=O)(=O)O)C(=O)O.[H-].[Li+]. The molecule has 2 N–H and O–H groups in total. The molecular weight excluding hydrogens is 191 g/mol. The second kappa shape index (κ2) is 6.21. The third kappa shape index (κ3) is 9.63. The zero-order valence-electron chi connectivity index (χ0n) is 8.36. The molecule has 0 bridgehead atoms. The number of rotatable bonds is 5. The topological polar surface area (TPSA) is 91.7 Å². The van der Waals surface area contributed by atoms with Crippen LogP contribution in [0.25, 0.3) is 0 Å². The molecule has 13 heavy (non-hydrogen) atoms. The Morgan fingerprint density at radius 1 is 1.46 bits per heavy atom. The summed E-state index contributed by atoms with van der Waals surface area (Å²) in [5.41, 5.74) is -0.0568. The van der Waals surface area contributed by atoms with Crippen molar-refractivity contribution in [3.05, 3.63) is 12.2 Å². The molecule has 0 radical (unpaired) electrons. The van der Waals surface area contributed by atoms with E-state index in [9.17, 15) is 13.2 Å². The van der Waals surface area contributed by atoms with Crippen LogP contribution in [-0.2, 0) is 14.9 Å². The molecule has 0 saturated carbocycles. The summed E-state index contributed by atoms with van der Waals surface area (Å²) < 4.78 is 28.6. The summed E-state index contributed by atoms with van der Waals surface area (Å²) in [6.45, 7) is 3.20. The molecular formula is C6H11LiO5S. The van der Waals surface area contributed by atoms with E-state index in [1.54, 1.807) is 0 Å². The Bertz CT molecular complexity index is 287. The van der Waals surface area contributed by atoms with Gasteiger partial charge in [0.15, 0.2) is 0 Å². The Balaban J connectivity index is -0.000000605. The second-order valence-corrected chi connectivity index (χ2v) is 3.87. The molecule has 0 fully saturated rings. The summed E-state index contributed by atoms with van der Waals surface area (Å²) in [6.07, 6.45) is 0.138. The first-order valence-corrected chi connectivity index (χ1v) is 4.80. The molecule has 0 amide bonds. The summed E-state index contributed by atoms with van der Waals surface area (Å²) >= 11 is 0. The summed E-state index contributed by atoms with van der Waals surface area (Å²) in [5.74, 6) is -1.58. The van der Waals surface area contributed by atoms with Crippen LogP contribution in [0.1, 0.15) is 14.3 Å². The fraction of sp³-hybridized carbons (Fsp3) is 0.500. The number of carboxylic acids is 1. The van der Waals surface area contributed by atoms with Crippen molar-refractivity contribution in [1.29, 1.82) is 0 Å². The van der Waals surface area contributed by atoms with E-state index in [1.807, 2.05) is 0 Å². The first-order chi connectivity index (χ1) is 5.33. The third-order valence-corrected chi connectivity index (χ3v) is 1.99. The molecule has 0 spiro atoms. The molecule has 0 aromatic rings. The van der Waals surface area contributed by atoms with Crippen molar-refractivity contribution < 1.29 is 43.2 Å². The van der Waals surface area contributed by atoms with Gasteiger partial charge in [0.2, 0.25) is 0 Å². The number of hydrogen-bond donors (Lipinski definition) is 2. The van der Waals surface area contributed by atoms with Gasteiger partial charge in [-0.25, -0.2) is 4.79 Å². The van der Waals surface area contributed by atoms with E-state index in [4.69, 9.17) is 9.66 Å². The van der Waals surface area contributed by atoms with Gasteiger partial charge in [0.1, 0.15) is 0 Å². The molecule has 0 unspecified atom stereocenters. The average molecular weight is 202 g/mol. The van der Waals surface area contributed by atoms with Crippen LogP contribution < -0.4 is 18.9 Å². The Hall–Kier alpha value is -0.283. The van der Waals surface area contributed by atoms with Gasteiger partial charge in [-0.1, -0.05) is 6.58 Å². The van der Waals surface area contributed by atoms with Crippen LogP contribution in [0.5, 0.6) is 0 Å². The van der Waals surface area contributed by atoms with Crippen LogP contribution in [0.2, 0.25) is 0 Å². The molecule has 7 heteroatoms. The van der Waals surface area contributed by atoms with Crippen molar-refractivity contribution in [3.63, 3.8) is 0 Å². The molecule has 0 rings (SSSR count). The largest absolute Gasteiger partial charge is 1.00 e. The fourth-order valence-electron chi connectivity index (χ4n) is 0.575. The molecule has 5 nitrogen and oxygen atoms in total. The Kier molecular flexibility index (Phi) is 7.27. The van der Waals surface area contributed by atoms with Gasteiger partial charge in [-0.3, -0.25) is 4.55 Å². The third-order valence-electron chi connectivity index (χ3n) is 1.18. The standard InChI is InChI=1S/C6H10O5S.Li.H/c1-5(6(7)8)3-2-4-12(9,10)11;;/h1-4H2,(H,7,8)(H,9,10,11);;/q;+1;-1. The smallest absolute Gasteiger partial charge is 1.00 e. The molecule has 0 aliphatic rings. The molecule has 0 atom stereocenters. The average Bonchev–Trinajstić information content (AvgIpc) is 1.84. The quantitative estimate of drug-likeness (QED) is 0.290. The van der Waals surface area contributed by atoms with Gasteiger partial charge >= 0.3 is 24.8 Å². The maximum atomic E-state index is 10.2. The predicted octanol–water partition coefficient (Wildman–Crippen LogP) is -2.59. The number of carbonyl (C=O) groups is 1. The summed E-state index contributed by atoms with van der Waals surface area (Å²) in [7, 11) is -3.98. The predicted molar refractivity (Wildman–Crippen MR) is 43.5 cm³/mol. The maximum absolute atomic E-state index is 10.2. The molecule has 0 aliphatic heterocycles. The van der Waals surface area contributed by atoms with Crippen LogP contribution >= 0.6 is 0 Å². The Labute approximate surface area is 90.2 Å². The second-order valence-electron chi connectivity index (χ2n) is 2.30. The minimum Gasteiger partial charge on any atom is -1.00 e. The summed E-state index contributed by atoms with van der Waals surface area (Å²) in [5, 5.41) is 8.30. The molecule has 0 aromatic carbocycles. The number of carboxylic acid groups (broad SMARTS) is 1. The number of aliphatic carboxylic acids is 1. The van der Waals surface area contributed by atoms with Crippen LogP contribution in [0.3, 0.4) is 0 Å². The molecule has 0 aromatic heterocycles. The molecule has 0 aliphatic carbocycles. The molecule has 0 saturated heterocycles. The Morgan fingerprint density at radius 3 is 2.23 bits per heavy atom. The summed E-state index contributed by atoms with van der Waals surface area (Å²) in [6, 6.07) is 0. The van der Waals surface area contributed by atoms with Gasteiger partial charge in [-0.2, -0.15) is 8.42 Å². The molecule has 0 heterocycles. The van der Waals surface area contributed by atoms with Crippen LogP contribution in [0, 0.1) is 0 Å². The zero-order valence-corrected chi connectivity index (χ0v) is 8.17. The van der Waals surface area contributed by atoms with E-state index in [-0.39, 0.29) is 38.7 Å². The van der Waals surface area contributed by atoms with Gasteiger partial charge in [0.05, 0.1) is 5.75 Å². The monoisotopic (exact) mass is 202 g/mol. The van der Waals surface area contributed by atoms with E-state index in [0.717, 1.165) is 0 Å². The van der Waals surface area contributed by atoms with E-state index < -0.39 is 21.8 Å². The van der Waals surface area contributed by atoms with Crippen molar-refractivity contribution in [2.45, 2.75) is 12.8 Å². The Morgan fingerprint density at radius 2 is 1.92 bits per heavy atom. The minimum atomic E-state index is -3.98. The normalized spacial score (nSPS) is 10.2. The first-order valence-electron chi connectivity index (χ1n) is 3.19. The molecule has 72 valence electrons. The van der Waals surface area contributed by atoms with Gasteiger partial charge in [0, 0.05) is 5.57 Å². The minimum absolute atomic E-state index is 0. The van der Waals surface area contributed by atoms with Crippen molar-refractivity contribution in [2.75, 3.05) is 5.75 Å². The van der Waals surface area contributed by atoms with Crippen molar-refractivity contribution in [3.8, 4) is 0 Å². The fourth-order valence-corrected chi connectivity index (χ4v) is 1.08. The van der Waals surface area contributed by atoms with Crippen LogP contribution in [0.15, 0.2) is 12.2 Å². The van der Waals surface area contributed by atoms with Gasteiger partial charge in [-0.15, -0.1) is 0 Å². The number of hydrogen-bond acceptors (Lipinski definition) is 3. The van der Waals surface area contributed by atoms with Crippen LogP contribution in [-0.4, -0.2) is 29.8 Å². The first kappa shape index (κ1) is 15.2. The van der Waals surface area contributed by atoms with Crippen molar-refractivity contribution in [2.24, 2.45) is 0 Å². The summed E-state index contributed by atoms with van der Waals surface area (Å²) in [4.78, 5) is 10.1. The van der Waals surface area contributed by atoms with Gasteiger partial charge in [0.25, 0.3) is 10.1 Å². The van der Waals surface area contributed by atoms with Crippen LogP contribution in [0.4, 0.5) is 0 Å². The van der Waals surface area contributed by atoms with E-state index in [2.05, 4.69) is 6.58 Å². The van der Waals surface area contributed by atoms with Crippen molar-refractivity contribution >= 4 is 16.1 Å². The van der Waals surface area contributed by atoms with E-state index in [1.165, 1.54) is 0 Å².